The van der Waals surface area contributed by atoms with Gasteiger partial charge in [-0.15, -0.1) is 0 Å². The Hall–Kier alpha value is -1.32. The normalized spacial score (nSPS) is 10.8. The Kier molecular flexibility index (Phi) is 4.12. The van der Waals surface area contributed by atoms with E-state index in [-0.39, 0.29) is 0 Å². The Morgan fingerprint density at radius 3 is 2.89 bits per heavy atom. The van der Waals surface area contributed by atoms with E-state index in [1.165, 1.54) is 6.21 Å². The molecule has 4 nitrogen and oxygen atoms in total. The second-order valence-corrected chi connectivity index (χ2v) is 1.28. The fourth-order valence-electron chi connectivity index (χ4n) is 0.230. The summed E-state index contributed by atoms with van der Waals surface area (Å²) in [5, 5.41) is 3.42. The van der Waals surface area contributed by atoms with Crippen LogP contribution in [-0.2, 0) is 0 Å². The van der Waals surface area contributed by atoms with Crippen LogP contribution < -0.4 is 11.2 Å². The van der Waals surface area contributed by atoms with Gasteiger partial charge in [0.1, 0.15) is 0 Å². The van der Waals surface area contributed by atoms with E-state index in [0.29, 0.717) is 0 Å². The van der Waals surface area contributed by atoms with E-state index in [2.05, 4.69) is 10.8 Å². The minimum Gasteiger partial charge on any atom is -0.350 e. The molecule has 0 aromatic carbocycles. The molecule has 4 heteroatoms. The summed E-state index contributed by atoms with van der Waals surface area (Å²) in [4.78, 5) is 9.94. The third-order valence-corrected chi connectivity index (χ3v) is 0.528. The first-order valence-electron chi connectivity index (χ1n) is 2.47. The molecule has 0 aliphatic rings. The van der Waals surface area contributed by atoms with E-state index in [0.717, 1.165) is 0 Å². The van der Waals surface area contributed by atoms with Crippen molar-refractivity contribution < 1.29 is 4.79 Å². The van der Waals surface area contributed by atoms with Crippen molar-refractivity contribution in [1.29, 1.82) is 0 Å². The summed E-state index contributed by atoms with van der Waals surface area (Å²) < 4.78 is 0. The second-order valence-electron chi connectivity index (χ2n) is 1.28. The second kappa shape index (κ2) is 4.83. The minimum absolute atomic E-state index is 0.657. The molecule has 0 saturated heterocycles. The first-order valence-corrected chi connectivity index (χ1v) is 2.47. The van der Waals surface area contributed by atoms with E-state index in [9.17, 15) is 4.79 Å². The van der Waals surface area contributed by atoms with Crippen molar-refractivity contribution in [3.63, 3.8) is 0 Å². The molecular formula is C5H9N3O. The Labute approximate surface area is 53.4 Å². The Balaban J connectivity index is 3.36. The molecule has 2 amide bonds. The lowest BCUT2D eigenvalue weighted by Crippen LogP contribution is -2.24. The van der Waals surface area contributed by atoms with Gasteiger partial charge in [-0.25, -0.2) is 10.2 Å². The van der Waals surface area contributed by atoms with Crippen LogP contribution in [0.25, 0.3) is 0 Å². The number of carbonyl (C=O) groups is 1. The van der Waals surface area contributed by atoms with Crippen molar-refractivity contribution in [2.24, 2.45) is 10.8 Å². The molecule has 0 atom stereocenters. The van der Waals surface area contributed by atoms with Crippen molar-refractivity contribution in [1.82, 2.24) is 5.43 Å². The van der Waals surface area contributed by atoms with E-state index in [1.54, 1.807) is 12.2 Å². The Morgan fingerprint density at radius 1 is 1.78 bits per heavy atom. The van der Waals surface area contributed by atoms with E-state index in [4.69, 9.17) is 0 Å². The summed E-state index contributed by atoms with van der Waals surface area (Å²) in [5.74, 6) is 0. The fraction of sp³-hybridized carbons (Fsp3) is 0.200. The van der Waals surface area contributed by atoms with Crippen LogP contribution in [0, 0.1) is 0 Å². The van der Waals surface area contributed by atoms with Gasteiger partial charge in [-0.3, -0.25) is 0 Å². The zero-order valence-corrected chi connectivity index (χ0v) is 5.16. The number of hydrazone groups is 1. The van der Waals surface area contributed by atoms with Gasteiger partial charge in [-0.05, 0) is 13.0 Å². The van der Waals surface area contributed by atoms with Crippen LogP contribution in [-0.4, -0.2) is 12.2 Å². The molecule has 0 radical (unpaired) electrons. The molecule has 0 spiro atoms. The largest absolute Gasteiger partial charge is 0.350 e. The molecule has 0 aliphatic heterocycles. The number of amides is 2. The van der Waals surface area contributed by atoms with E-state index in [1.807, 2.05) is 12.3 Å². The zero-order chi connectivity index (χ0) is 7.11. The number of urea groups is 1. The lowest BCUT2D eigenvalue weighted by molar-refractivity contribution is 0.249. The minimum atomic E-state index is -0.657. The lowest BCUT2D eigenvalue weighted by Gasteiger charge is -1.85. The van der Waals surface area contributed by atoms with Gasteiger partial charge in [0.15, 0.2) is 0 Å². The SMILES string of the molecule is C/C=C\C=N\NC(N)=O. The number of carbonyl (C=O) groups excluding carboxylic acids is 1. The highest BCUT2D eigenvalue weighted by Crippen LogP contribution is 1.62. The summed E-state index contributed by atoms with van der Waals surface area (Å²) in [7, 11) is 0. The summed E-state index contributed by atoms with van der Waals surface area (Å²) in [6.07, 6.45) is 4.90. The van der Waals surface area contributed by atoms with Crippen LogP contribution in [0.1, 0.15) is 6.92 Å². The number of hydrogen-bond donors (Lipinski definition) is 2. The summed E-state index contributed by atoms with van der Waals surface area (Å²) in [5.41, 5.74) is 6.72. The van der Waals surface area contributed by atoms with Crippen LogP contribution in [0.4, 0.5) is 4.79 Å². The van der Waals surface area contributed by atoms with Gasteiger partial charge >= 0.3 is 6.03 Å². The van der Waals surface area contributed by atoms with Crippen LogP contribution in [0.5, 0.6) is 0 Å². The average molecular weight is 127 g/mol. The third-order valence-electron chi connectivity index (χ3n) is 0.528. The maximum Gasteiger partial charge on any atom is 0.332 e. The Morgan fingerprint density at radius 2 is 2.44 bits per heavy atom. The van der Waals surface area contributed by atoms with Crippen molar-refractivity contribution >= 4 is 12.2 Å². The third kappa shape index (κ3) is 6.68. The predicted molar refractivity (Wildman–Crippen MR) is 36.0 cm³/mol. The van der Waals surface area contributed by atoms with Crippen molar-refractivity contribution in [2.75, 3.05) is 0 Å². The van der Waals surface area contributed by atoms with Gasteiger partial charge in [0.25, 0.3) is 0 Å². The van der Waals surface area contributed by atoms with Crippen molar-refractivity contribution in [3.8, 4) is 0 Å². The van der Waals surface area contributed by atoms with Gasteiger partial charge < -0.3 is 5.73 Å². The van der Waals surface area contributed by atoms with Crippen LogP contribution in [0.3, 0.4) is 0 Å². The van der Waals surface area contributed by atoms with E-state index < -0.39 is 6.03 Å². The molecule has 0 unspecified atom stereocenters. The highest BCUT2D eigenvalue weighted by molar-refractivity contribution is 5.75. The monoisotopic (exact) mass is 127 g/mol. The van der Waals surface area contributed by atoms with Crippen LogP contribution >= 0.6 is 0 Å². The van der Waals surface area contributed by atoms with Crippen molar-refractivity contribution in [3.05, 3.63) is 12.2 Å². The number of hydrogen-bond acceptors (Lipinski definition) is 2. The molecule has 0 bridgehead atoms. The lowest BCUT2D eigenvalue weighted by atomic mass is 10.6. The molecule has 0 fully saturated rings. The maximum atomic E-state index is 9.94. The average Bonchev–Trinajstić information content (AvgIpc) is 1.80. The topological polar surface area (TPSA) is 67.5 Å². The molecule has 0 saturated carbocycles. The summed E-state index contributed by atoms with van der Waals surface area (Å²) in [6.45, 7) is 1.84. The molecule has 0 heterocycles. The van der Waals surface area contributed by atoms with Crippen LogP contribution in [0.2, 0.25) is 0 Å². The number of nitrogens with one attached hydrogen (secondary N) is 1. The zero-order valence-electron chi connectivity index (χ0n) is 5.16. The standard InChI is InChI=1S/C5H9N3O/c1-2-3-4-7-8-5(6)9/h2-4H,1H3,(H3,6,8,9)/b3-2-,7-4+. The first kappa shape index (κ1) is 7.68. The fourth-order valence-corrected chi connectivity index (χ4v) is 0.230. The van der Waals surface area contributed by atoms with Gasteiger partial charge in [0, 0.05) is 6.21 Å². The summed E-state index contributed by atoms with van der Waals surface area (Å²) in [6, 6.07) is -0.657. The molecule has 0 rings (SSSR count). The first-order chi connectivity index (χ1) is 4.27. The van der Waals surface area contributed by atoms with Gasteiger partial charge in [-0.1, -0.05) is 6.08 Å². The highest BCUT2D eigenvalue weighted by Gasteiger charge is 1.79. The van der Waals surface area contributed by atoms with Crippen molar-refractivity contribution in [2.45, 2.75) is 6.92 Å². The van der Waals surface area contributed by atoms with Gasteiger partial charge in [0.05, 0.1) is 0 Å². The molecule has 0 aromatic heterocycles. The number of nitrogens with zero attached hydrogens (tertiary/aromatic N) is 1. The quantitative estimate of drug-likeness (QED) is 0.404. The predicted octanol–water partition coefficient (Wildman–Crippen LogP) is 0.217. The number of nitrogens with two attached hydrogens (primary N) is 1. The molecule has 9 heavy (non-hydrogen) atoms. The Bertz CT molecular complexity index is 139. The number of primary amides is 1. The smallest absolute Gasteiger partial charge is 0.332 e. The number of allylic oxidation sites excluding steroid dienone is 2. The highest BCUT2D eigenvalue weighted by atomic mass is 16.2. The van der Waals surface area contributed by atoms with Gasteiger partial charge in [-0.2, -0.15) is 5.10 Å². The molecule has 0 aliphatic carbocycles. The summed E-state index contributed by atoms with van der Waals surface area (Å²) >= 11 is 0. The van der Waals surface area contributed by atoms with Crippen LogP contribution in [0.15, 0.2) is 17.3 Å². The maximum absolute atomic E-state index is 9.94. The molecule has 0 aromatic rings. The molecule has 50 valence electrons. The van der Waals surface area contributed by atoms with Gasteiger partial charge in [0.2, 0.25) is 0 Å². The van der Waals surface area contributed by atoms with E-state index >= 15 is 0 Å². The number of rotatable bonds is 2. The molecular weight excluding hydrogens is 118 g/mol. The molecule has 3 N–H and O–H groups in total.